The number of anilines is 1. The first-order chi connectivity index (χ1) is 9.70. The maximum absolute atomic E-state index is 11.0. The fourth-order valence-corrected chi connectivity index (χ4v) is 2.38. The highest BCUT2D eigenvalue weighted by atomic mass is 16.4. The second kappa shape index (κ2) is 5.07. The second-order valence-electron chi connectivity index (χ2n) is 5.07. The molecule has 106 valence electrons. The number of hydrogen-bond acceptors (Lipinski definition) is 5. The third-order valence-corrected chi connectivity index (χ3v) is 3.40. The quantitative estimate of drug-likeness (QED) is 0.859. The van der Waals surface area contributed by atoms with Crippen LogP contribution in [0.5, 0.6) is 0 Å². The van der Waals surface area contributed by atoms with Crippen LogP contribution in [-0.4, -0.2) is 43.7 Å². The van der Waals surface area contributed by atoms with Gasteiger partial charge in [-0.1, -0.05) is 6.92 Å². The molecule has 0 saturated heterocycles. The maximum atomic E-state index is 11.0. The topological polar surface area (TPSA) is 84.1 Å². The van der Waals surface area contributed by atoms with Crippen LogP contribution in [0.25, 0.3) is 11.2 Å². The van der Waals surface area contributed by atoms with Gasteiger partial charge < -0.3 is 14.6 Å². The van der Waals surface area contributed by atoms with Crippen LogP contribution in [0.2, 0.25) is 0 Å². The number of rotatable bonds is 6. The van der Waals surface area contributed by atoms with Gasteiger partial charge in [-0.2, -0.15) is 0 Å². The summed E-state index contributed by atoms with van der Waals surface area (Å²) in [7, 11) is 0. The smallest absolute Gasteiger partial charge is 0.323 e. The van der Waals surface area contributed by atoms with Crippen molar-refractivity contribution in [2.24, 2.45) is 0 Å². The van der Waals surface area contributed by atoms with Crippen molar-refractivity contribution in [1.82, 2.24) is 19.5 Å². The van der Waals surface area contributed by atoms with Crippen molar-refractivity contribution in [3.05, 3.63) is 12.7 Å². The molecule has 1 aliphatic carbocycles. The highest BCUT2D eigenvalue weighted by Gasteiger charge is 2.27. The standard InChI is InChI=1S/C13H17N5O2/c1-2-5-17(6-10(19)20)12-11-13(15-7-14-12)18(8-16-11)9-3-4-9/h7-9H,2-6H2,1H3,(H,19,20). The molecule has 0 spiro atoms. The van der Waals surface area contributed by atoms with Crippen molar-refractivity contribution in [1.29, 1.82) is 0 Å². The Morgan fingerprint density at radius 3 is 2.90 bits per heavy atom. The molecule has 0 amide bonds. The summed E-state index contributed by atoms with van der Waals surface area (Å²) >= 11 is 0. The summed E-state index contributed by atoms with van der Waals surface area (Å²) in [6, 6.07) is 0.488. The van der Waals surface area contributed by atoms with Crippen LogP contribution in [0.4, 0.5) is 5.82 Å². The largest absolute Gasteiger partial charge is 0.480 e. The van der Waals surface area contributed by atoms with Crippen molar-refractivity contribution < 1.29 is 9.90 Å². The molecule has 1 fully saturated rings. The summed E-state index contributed by atoms with van der Waals surface area (Å²) in [5.41, 5.74) is 1.48. The number of aromatic nitrogens is 4. The van der Waals surface area contributed by atoms with Crippen LogP contribution < -0.4 is 4.90 Å². The number of hydrogen-bond donors (Lipinski definition) is 1. The van der Waals surface area contributed by atoms with Gasteiger partial charge in [0.1, 0.15) is 12.9 Å². The Bertz CT molecular complexity index is 635. The van der Waals surface area contributed by atoms with E-state index in [-0.39, 0.29) is 6.54 Å². The first-order valence-corrected chi connectivity index (χ1v) is 6.85. The van der Waals surface area contributed by atoms with Gasteiger partial charge in [0, 0.05) is 12.6 Å². The zero-order chi connectivity index (χ0) is 14.1. The Morgan fingerprint density at radius 1 is 1.45 bits per heavy atom. The van der Waals surface area contributed by atoms with E-state index in [1.54, 1.807) is 11.2 Å². The number of imidazole rings is 1. The lowest BCUT2D eigenvalue weighted by Crippen LogP contribution is -2.31. The number of aliphatic carboxylic acids is 1. The third-order valence-electron chi connectivity index (χ3n) is 3.40. The molecule has 0 aliphatic heterocycles. The van der Waals surface area contributed by atoms with Gasteiger partial charge in [-0.3, -0.25) is 4.79 Å². The lowest BCUT2D eigenvalue weighted by Gasteiger charge is -2.20. The number of fused-ring (bicyclic) bond motifs is 1. The van der Waals surface area contributed by atoms with Gasteiger partial charge in [-0.15, -0.1) is 0 Å². The molecule has 7 heteroatoms. The van der Waals surface area contributed by atoms with Crippen LogP contribution in [0.15, 0.2) is 12.7 Å². The summed E-state index contributed by atoms with van der Waals surface area (Å²) in [6.07, 6.45) is 6.42. The summed E-state index contributed by atoms with van der Waals surface area (Å²) in [5, 5.41) is 9.04. The average Bonchev–Trinajstić information content (AvgIpc) is 3.17. The minimum absolute atomic E-state index is 0.0732. The van der Waals surface area contributed by atoms with Gasteiger partial charge in [0.25, 0.3) is 0 Å². The fourth-order valence-electron chi connectivity index (χ4n) is 2.38. The van der Waals surface area contributed by atoms with E-state index in [0.717, 1.165) is 24.9 Å². The average molecular weight is 275 g/mol. The second-order valence-corrected chi connectivity index (χ2v) is 5.07. The number of carboxylic acid groups (broad SMARTS) is 1. The summed E-state index contributed by atoms with van der Waals surface area (Å²) in [6.45, 7) is 2.57. The lowest BCUT2D eigenvalue weighted by molar-refractivity contribution is -0.135. The molecule has 1 saturated carbocycles. The Hall–Kier alpha value is -2.18. The van der Waals surface area contributed by atoms with Gasteiger partial charge >= 0.3 is 5.97 Å². The van der Waals surface area contributed by atoms with Crippen molar-refractivity contribution in [3.8, 4) is 0 Å². The highest BCUT2D eigenvalue weighted by Crippen LogP contribution is 2.37. The first kappa shape index (κ1) is 12.8. The molecule has 0 unspecified atom stereocenters. The van der Waals surface area contributed by atoms with E-state index in [4.69, 9.17) is 5.11 Å². The molecule has 0 radical (unpaired) electrons. The fraction of sp³-hybridized carbons (Fsp3) is 0.538. The van der Waals surface area contributed by atoms with Gasteiger partial charge in [-0.05, 0) is 19.3 Å². The SMILES string of the molecule is CCCN(CC(=O)O)c1ncnc2c1ncn2C1CC1. The highest BCUT2D eigenvalue weighted by molar-refractivity contribution is 5.85. The maximum Gasteiger partial charge on any atom is 0.323 e. The van der Waals surface area contributed by atoms with Crippen LogP contribution in [0, 0.1) is 0 Å². The van der Waals surface area contributed by atoms with Gasteiger partial charge in [0.2, 0.25) is 0 Å². The van der Waals surface area contributed by atoms with Gasteiger partial charge in [0.15, 0.2) is 17.0 Å². The first-order valence-electron chi connectivity index (χ1n) is 6.85. The van der Waals surface area contributed by atoms with Crippen molar-refractivity contribution in [2.75, 3.05) is 18.0 Å². The Kier molecular flexibility index (Phi) is 3.25. The van der Waals surface area contributed by atoms with Crippen molar-refractivity contribution in [2.45, 2.75) is 32.2 Å². The Morgan fingerprint density at radius 2 is 2.25 bits per heavy atom. The predicted octanol–water partition coefficient (Wildman–Crippen LogP) is 1.46. The monoisotopic (exact) mass is 275 g/mol. The minimum atomic E-state index is -0.869. The zero-order valence-corrected chi connectivity index (χ0v) is 11.4. The number of carboxylic acids is 1. The molecule has 0 atom stereocenters. The van der Waals surface area contributed by atoms with Crippen LogP contribution >= 0.6 is 0 Å². The van der Waals surface area contributed by atoms with Crippen LogP contribution in [-0.2, 0) is 4.79 Å². The molecule has 2 aromatic heterocycles. The molecule has 3 rings (SSSR count). The summed E-state index contributed by atoms with van der Waals surface area (Å²) in [4.78, 5) is 25.7. The Labute approximate surface area is 116 Å². The van der Waals surface area contributed by atoms with Crippen molar-refractivity contribution >= 4 is 23.0 Å². The van der Waals surface area contributed by atoms with E-state index in [1.165, 1.54) is 6.33 Å². The molecule has 0 aromatic carbocycles. The van der Waals surface area contributed by atoms with Gasteiger partial charge in [-0.25, -0.2) is 15.0 Å². The molecule has 1 N–H and O–H groups in total. The normalized spacial score (nSPS) is 14.7. The van der Waals surface area contributed by atoms with E-state index in [2.05, 4.69) is 19.5 Å². The molecule has 7 nitrogen and oxygen atoms in total. The molecule has 20 heavy (non-hydrogen) atoms. The van der Waals surface area contributed by atoms with E-state index >= 15 is 0 Å². The number of nitrogens with zero attached hydrogens (tertiary/aromatic N) is 5. The summed E-state index contributed by atoms with van der Waals surface area (Å²) in [5.74, 6) is -0.259. The molecule has 2 aromatic rings. The van der Waals surface area contributed by atoms with Crippen molar-refractivity contribution in [3.63, 3.8) is 0 Å². The zero-order valence-electron chi connectivity index (χ0n) is 11.4. The molecule has 0 bridgehead atoms. The Balaban J connectivity index is 2.02. The number of carbonyl (C=O) groups is 1. The third kappa shape index (κ3) is 2.31. The van der Waals surface area contributed by atoms with Crippen LogP contribution in [0.3, 0.4) is 0 Å². The van der Waals surface area contributed by atoms with Crippen LogP contribution in [0.1, 0.15) is 32.2 Å². The molecular weight excluding hydrogens is 258 g/mol. The molecular formula is C13H17N5O2. The van der Waals surface area contributed by atoms with E-state index in [0.29, 0.717) is 23.9 Å². The van der Waals surface area contributed by atoms with E-state index in [1.807, 2.05) is 6.92 Å². The minimum Gasteiger partial charge on any atom is -0.480 e. The molecule has 2 heterocycles. The van der Waals surface area contributed by atoms with E-state index < -0.39 is 5.97 Å². The lowest BCUT2D eigenvalue weighted by atomic mass is 10.3. The van der Waals surface area contributed by atoms with E-state index in [9.17, 15) is 4.79 Å². The predicted molar refractivity (Wildman–Crippen MR) is 73.7 cm³/mol. The van der Waals surface area contributed by atoms with Gasteiger partial charge in [0.05, 0.1) is 6.33 Å². The molecule has 1 aliphatic rings. The summed E-state index contributed by atoms with van der Waals surface area (Å²) < 4.78 is 2.06.